The van der Waals surface area contributed by atoms with Gasteiger partial charge in [0.25, 0.3) is 5.43 Å². The number of hydrogen-bond acceptors (Lipinski definition) is 4. The van der Waals surface area contributed by atoms with E-state index in [0.29, 0.717) is 12.5 Å². The second-order valence-electron chi connectivity index (χ2n) is 4.10. The summed E-state index contributed by atoms with van der Waals surface area (Å²) in [7, 11) is 0. The van der Waals surface area contributed by atoms with E-state index in [1.807, 2.05) is 0 Å². The summed E-state index contributed by atoms with van der Waals surface area (Å²) < 4.78 is 1.69. The lowest BCUT2D eigenvalue weighted by Gasteiger charge is -2.11. The summed E-state index contributed by atoms with van der Waals surface area (Å²) in [6.45, 7) is 2.79. The molecule has 5 nitrogen and oxygen atoms in total. The Balaban J connectivity index is 2.70. The van der Waals surface area contributed by atoms with Crippen molar-refractivity contribution in [3.8, 4) is 0 Å². The first-order chi connectivity index (χ1) is 8.04. The molecule has 1 heterocycles. The first kappa shape index (κ1) is 13.8. The van der Waals surface area contributed by atoms with Crippen LogP contribution in [0, 0.1) is 16.0 Å². The molecule has 0 N–H and O–H groups in total. The standard InChI is InChI=1S/C11H16N2O3S/c1-9(4-7-17)2-5-12-6-3-11(14)10(8-12)13(15)16/h3,6,8-9,17H,2,4-5,7H2,1H3. The molecule has 0 bridgehead atoms. The van der Waals surface area contributed by atoms with Crippen molar-refractivity contribution < 1.29 is 4.92 Å². The van der Waals surface area contributed by atoms with Crippen LogP contribution in [0.5, 0.6) is 0 Å². The lowest BCUT2D eigenvalue weighted by molar-refractivity contribution is -0.386. The third kappa shape index (κ3) is 4.22. The molecule has 0 aliphatic heterocycles. The van der Waals surface area contributed by atoms with Crippen molar-refractivity contribution in [3.63, 3.8) is 0 Å². The molecule has 1 rings (SSSR count). The van der Waals surface area contributed by atoms with Gasteiger partial charge in [0.05, 0.1) is 11.1 Å². The minimum Gasteiger partial charge on any atom is -0.348 e. The second-order valence-corrected chi connectivity index (χ2v) is 4.54. The van der Waals surface area contributed by atoms with Gasteiger partial charge in [0.1, 0.15) is 0 Å². The smallest absolute Gasteiger partial charge is 0.332 e. The number of pyridine rings is 1. The quantitative estimate of drug-likeness (QED) is 0.481. The molecule has 1 unspecified atom stereocenters. The Morgan fingerprint density at radius 3 is 2.82 bits per heavy atom. The summed E-state index contributed by atoms with van der Waals surface area (Å²) >= 11 is 4.16. The Morgan fingerprint density at radius 2 is 2.24 bits per heavy atom. The molecule has 0 aliphatic carbocycles. The Morgan fingerprint density at radius 1 is 1.53 bits per heavy atom. The Kier molecular flexibility index (Phi) is 5.21. The molecule has 6 heteroatoms. The minimum absolute atomic E-state index is 0.366. The highest BCUT2D eigenvalue weighted by Crippen LogP contribution is 2.11. The Labute approximate surface area is 105 Å². The summed E-state index contributed by atoms with van der Waals surface area (Å²) in [4.78, 5) is 21.1. The van der Waals surface area contributed by atoms with Gasteiger partial charge >= 0.3 is 5.69 Å². The molecule has 0 aromatic carbocycles. The average molecular weight is 256 g/mol. The fourth-order valence-electron chi connectivity index (χ4n) is 1.52. The zero-order valence-electron chi connectivity index (χ0n) is 9.70. The van der Waals surface area contributed by atoms with Crippen molar-refractivity contribution in [3.05, 3.63) is 38.8 Å². The molecule has 0 aliphatic rings. The largest absolute Gasteiger partial charge is 0.348 e. The monoisotopic (exact) mass is 256 g/mol. The van der Waals surface area contributed by atoms with Crippen LogP contribution < -0.4 is 5.43 Å². The lowest BCUT2D eigenvalue weighted by Crippen LogP contribution is -2.12. The zero-order chi connectivity index (χ0) is 12.8. The Bertz CT molecular complexity index is 445. The molecular weight excluding hydrogens is 240 g/mol. The van der Waals surface area contributed by atoms with Crippen LogP contribution in [0.4, 0.5) is 5.69 Å². The van der Waals surface area contributed by atoms with Gasteiger partial charge in [0.2, 0.25) is 0 Å². The fourth-order valence-corrected chi connectivity index (χ4v) is 1.96. The maximum absolute atomic E-state index is 11.2. The van der Waals surface area contributed by atoms with Crippen LogP contribution in [0.15, 0.2) is 23.3 Å². The van der Waals surface area contributed by atoms with Crippen LogP contribution in [0.2, 0.25) is 0 Å². The third-order valence-corrected chi connectivity index (χ3v) is 2.91. The number of nitrogens with zero attached hydrogens (tertiary/aromatic N) is 2. The van der Waals surface area contributed by atoms with E-state index in [-0.39, 0.29) is 5.69 Å². The first-order valence-electron chi connectivity index (χ1n) is 5.50. The van der Waals surface area contributed by atoms with E-state index < -0.39 is 10.4 Å². The van der Waals surface area contributed by atoms with E-state index >= 15 is 0 Å². The lowest BCUT2D eigenvalue weighted by atomic mass is 10.1. The highest BCUT2D eigenvalue weighted by Gasteiger charge is 2.11. The summed E-state index contributed by atoms with van der Waals surface area (Å²) in [5, 5.41) is 10.6. The molecular formula is C11H16N2O3S. The van der Waals surface area contributed by atoms with Gasteiger partial charge in [-0.05, 0) is 24.5 Å². The second kappa shape index (κ2) is 6.44. The predicted molar refractivity (Wildman–Crippen MR) is 69.6 cm³/mol. The molecule has 1 atom stereocenters. The number of hydrogen-bond donors (Lipinski definition) is 1. The van der Waals surface area contributed by atoms with E-state index in [9.17, 15) is 14.9 Å². The van der Waals surface area contributed by atoms with Crippen LogP contribution in [0.3, 0.4) is 0 Å². The normalized spacial score (nSPS) is 12.4. The molecule has 0 amide bonds. The van der Waals surface area contributed by atoms with E-state index in [1.165, 1.54) is 12.3 Å². The molecule has 0 saturated heterocycles. The van der Waals surface area contributed by atoms with Crippen molar-refractivity contribution in [1.29, 1.82) is 0 Å². The predicted octanol–water partition coefficient (Wildman–Crippen LogP) is 2.10. The highest BCUT2D eigenvalue weighted by molar-refractivity contribution is 7.80. The number of aryl methyl sites for hydroxylation is 1. The van der Waals surface area contributed by atoms with Crippen LogP contribution in [0.25, 0.3) is 0 Å². The van der Waals surface area contributed by atoms with Crippen LogP contribution in [0.1, 0.15) is 19.8 Å². The zero-order valence-corrected chi connectivity index (χ0v) is 10.6. The average Bonchev–Trinajstić information content (AvgIpc) is 2.28. The van der Waals surface area contributed by atoms with Crippen LogP contribution >= 0.6 is 12.6 Å². The van der Waals surface area contributed by atoms with Gasteiger partial charge in [-0.1, -0.05) is 6.92 Å². The molecule has 0 spiro atoms. The van der Waals surface area contributed by atoms with Crippen molar-refractivity contribution >= 4 is 18.3 Å². The maximum Gasteiger partial charge on any atom is 0.332 e. The number of thiol groups is 1. The molecule has 0 radical (unpaired) electrons. The van der Waals surface area contributed by atoms with Crippen molar-refractivity contribution in [1.82, 2.24) is 4.57 Å². The van der Waals surface area contributed by atoms with Gasteiger partial charge in [-0.2, -0.15) is 12.6 Å². The van der Waals surface area contributed by atoms with Gasteiger partial charge in [0, 0.05) is 18.8 Å². The molecule has 0 fully saturated rings. The Hall–Kier alpha value is -1.30. The SMILES string of the molecule is CC(CCS)CCn1ccc(=O)c([N+](=O)[O-])c1. The van der Waals surface area contributed by atoms with Crippen molar-refractivity contribution in [2.45, 2.75) is 26.3 Å². The topological polar surface area (TPSA) is 65.1 Å². The summed E-state index contributed by atoms with van der Waals surface area (Å²) in [5.74, 6) is 1.36. The molecule has 1 aromatic heterocycles. The highest BCUT2D eigenvalue weighted by atomic mass is 32.1. The number of aromatic nitrogens is 1. The number of nitro groups is 1. The van der Waals surface area contributed by atoms with E-state index in [4.69, 9.17) is 0 Å². The molecule has 17 heavy (non-hydrogen) atoms. The minimum atomic E-state index is -0.643. The van der Waals surface area contributed by atoms with Gasteiger partial charge in [0.15, 0.2) is 0 Å². The fraction of sp³-hybridized carbons (Fsp3) is 0.545. The summed E-state index contributed by atoms with van der Waals surface area (Å²) in [6, 6.07) is 1.24. The molecule has 1 aromatic rings. The summed E-state index contributed by atoms with van der Waals surface area (Å²) in [5.41, 5.74) is -0.913. The molecule has 94 valence electrons. The molecule has 0 saturated carbocycles. The van der Waals surface area contributed by atoms with Crippen molar-refractivity contribution in [2.24, 2.45) is 5.92 Å². The van der Waals surface area contributed by atoms with Gasteiger partial charge in [-0.15, -0.1) is 0 Å². The van der Waals surface area contributed by atoms with Crippen LogP contribution in [-0.2, 0) is 6.54 Å². The van der Waals surface area contributed by atoms with E-state index in [0.717, 1.165) is 18.6 Å². The van der Waals surface area contributed by atoms with Gasteiger partial charge in [-0.25, -0.2) is 0 Å². The number of rotatable bonds is 6. The first-order valence-corrected chi connectivity index (χ1v) is 6.13. The van der Waals surface area contributed by atoms with E-state index in [2.05, 4.69) is 19.6 Å². The van der Waals surface area contributed by atoms with Crippen LogP contribution in [-0.4, -0.2) is 15.2 Å². The van der Waals surface area contributed by atoms with Crippen molar-refractivity contribution in [2.75, 3.05) is 5.75 Å². The van der Waals surface area contributed by atoms with E-state index in [1.54, 1.807) is 10.8 Å². The summed E-state index contributed by atoms with van der Waals surface area (Å²) in [6.07, 6.45) is 4.82. The third-order valence-electron chi connectivity index (χ3n) is 2.66. The van der Waals surface area contributed by atoms with Gasteiger partial charge in [-0.3, -0.25) is 14.9 Å². The van der Waals surface area contributed by atoms with Gasteiger partial charge < -0.3 is 4.57 Å². The maximum atomic E-state index is 11.2.